The summed E-state index contributed by atoms with van der Waals surface area (Å²) < 4.78 is 5.87. The van der Waals surface area contributed by atoms with Crippen molar-refractivity contribution in [2.45, 2.75) is 26.8 Å². The summed E-state index contributed by atoms with van der Waals surface area (Å²) in [5.74, 6) is 0.599. The van der Waals surface area contributed by atoms with Gasteiger partial charge >= 0.3 is 0 Å². The van der Waals surface area contributed by atoms with Crippen LogP contribution in [0.2, 0.25) is 0 Å². The quantitative estimate of drug-likeness (QED) is 0.706. The molecule has 1 heterocycles. The van der Waals surface area contributed by atoms with Crippen LogP contribution in [0, 0.1) is 6.92 Å². The van der Waals surface area contributed by atoms with Crippen molar-refractivity contribution in [1.29, 1.82) is 0 Å². The fourth-order valence-electron chi connectivity index (χ4n) is 2.35. The normalized spacial score (nSPS) is 11.2. The summed E-state index contributed by atoms with van der Waals surface area (Å²) in [6, 6.07) is 12.1. The Morgan fingerprint density at radius 1 is 1.19 bits per heavy atom. The van der Waals surface area contributed by atoms with Crippen LogP contribution < -0.4 is 11.1 Å². The first-order valence-corrected chi connectivity index (χ1v) is 7.07. The van der Waals surface area contributed by atoms with E-state index in [2.05, 4.69) is 24.1 Å². The molecule has 4 nitrogen and oxygen atoms in total. The molecular weight excluding hydrogens is 262 g/mol. The van der Waals surface area contributed by atoms with Crippen molar-refractivity contribution in [3.8, 4) is 11.5 Å². The highest BCUT2D eigenvalue weighted by molar-refractivity contribution is 5.80. The van der Waals surface area contributed by atoms with Gasteiger partial charge in [0, 0.05) is 11.6 Å². The van der Waals surface area contributed by atoms with Crippen LogP contribution in [0.25, 0.3) is 22.6 Å². The number of oxazole rings is 1. The lowest BCUT2D eigenvalue weighted by atomic mass is 10.1. The first-order valence-electron chi connectivity index (χ1n) is 7.07. The number of nitrogens with one attached hydrogen (secondary N) is 1. The number of nitrogens with two attached hydrogens (primary N) is 1. The molecule has 0 atom stereocenters. The summed E-state index contributed by atoms with van der Waals surface area (Å²) in [5, 5.41) is 3.31. The molecule has 0 saturated carbocycles. The maximum atomic E-state index is 6.10. The number of rotatable bonds is 3. The smallest absolute Gasteiger partial charge is 0.227 e. The van der Waals surface area contributed by atoms with E-state index >= 15 is 0 Å². The zero-order chi connectivity index (χ0) is 15.0. The van der Waals surface area contributed by atoms with E-state index in [4.69, 9.17) is 10.2 Å². The monoisotopic (exact) mass is 281 g/mol. The number of aromatic nitrogens is 1. The van der Waals surface area contributed by atoms with Crippen LogP contribution >= 0.6 is 0 Å². The van der Waals surface area contributed by atoms with Gasteiger partial charge in [0.15, 0.2) is 5.58 Å². The minimum Gasteiger partial charge on any atom is -0.436 e. The van der Waals surface area contributed by atoms with Crippen molar-refractivity contribution < 1.29 is 4.42 Å². The third kappa shape index (κ3) is 2.57. The van der Waals surface area contributed by atoms with Crippen molar-refractivity contribution >= 4 is 22.5 Å². The molecule has 108 valence electrons. The lowest BCUT2D eigenvalue weighted by molar-refractivity contribution is 0.617. The van der Waals surface area contributed by atoms with E-state index in [1.807, 2.05) is 43.3 Å². The molecular formula is C17H19N3O. The third-order valence-electron chi connectivity index (χ3n) is 3.35. The molecule has 0 radical (unpaired) electrons. The maximum absolute atomic E-state index is 6.10. The van der Waals surface area contributed by atoms with Crippen molar-refractivity contribution in [2.24, 2.45) is 0 Å². The minimum absolute atomic E-state index is 0.338. The SMILES string of the molecule is Cc1cccc2nc(-c3ccc(NC(C)C)c(N)c3)oc12. The van der Waals surface area contributed by atoms with Crippen molar-refractivity contribution in [2.75, 3.05) is 11.1 Å². The van der Waals surface area contributed by atoms with Gasteiger partial charge in [0.05, 0.1) is 11.4 Å². The van der Waals surface area contributed by atoms with Gasteiger partial charge in [-0.05, 0) is 50.6 Å². The van der Waals surface area contributed by atoms with Gasteiger partial charge in [-0.15, -0.1) is 0 Å². The molecule has 3 rings (SSSR count). The van der Waals surface area contributed by atoms with Gasteiger partial charge in [0.25, 0.3) is 0 Å². The number of anilines is 2. The number of fused-ring (bicyclic) bond motifs is 1. The Balaban J connectivity index is 2.02. The number of nitrogens with zero attached hydrogens (tertiary/aromatic N) is 1. The van der Waals surface area contributed by atoms with E-state index in [1.165, 1.54) is 0 Å². The predicted molar refractivity (Wildman–Crippen MR) is 87.4 cm³/mol. The summed E-state index contributed by atoms with van der Waals surface area (Å²) >= 11 is 0. The van der Waals surface area contributed by atoms with Crippen LogP contribution in [0.3, 0.4) is 0 Å². The number of hydrogen-bond donors (Lipinski definition) is 2. The van der Waals surface area contributed by atoms with Crippen LogP contribution in [0.5, 0.6) is 0 Å². The summed E-state index contributed by atoms with van der Waals surface area (Å²) in [5.41, 5.74) is 11.4. The molecule has 0 spiro atoms. The van der Waals surface area contributed by atoms with Gasteiger partial charge < -0.3 is 15.5 Å². The highest BCUT2D eigenvalue weighted by Crippen LogP contribution is 2.30. The molecule has 0 aliphatic heterocycles. The predicted octanol–water partition coefficient (Wildman–Crippen LogP) is 4.21. The zero-order valence-electron chi connectivity index (χ0n) is 12.5. The van der Waals surface area contributed by atoms with E-state index in [-0.39, 0.29) is 0 Å². The average Bonchev–Trinajstić information content (AvgIpc) is 2.86. The van der Waals surface area contributed by atoms with Crippen molar-refractivity contribution in [1.82, 2.24) is 4.98 Å². The van der Waals surface area contributed by atoms with Crippen molar-refractivity contribution in [3.05, 3.63) is 42.0 Å². The van der Waals surface area contributed by atoms with Crippen LogP contribution in [0.1, 0.15) is 19.4 Å². The summed E-state index contributed by atoms with van der Waals surface area (Å²) in [4.78, 5) is 4.53. The van der Waals surface area contributed by atoms with E-state index in [0.29, 0.717) is 17.6 Å². The highest BCUT2D eigenvalue weighted by Gasteiger charge is 2.11. The number of para-hydroxylation sites is 1. The first kappa shape index (κ1) is 13.5. The second-order valence-corrected chi connectivity index (χ2v) is 5.54. The second-order valence-electron chi connectivity index (χ2n) is 5.54. The Hall–Kier alpha value is -2.49. The average molecular weight is 281 g/mol. The molecule has 0 bridgehead atoms. The van der Waals surface area contributed by atoms with Crippen LogP contribution in [-0.4, -0.2) is 11.0 Å². The van der Waals surface area contributed by atoms with Gasteiger partial charge in [-0.2, -0.15) is 0 Å². The van der Waals surface area contributed by atoms with Crippen LogP contribution in [0.15, 0.2) is 40.8 Å². The zero-order valence-corrected chi connectivity index (χ0v) is 12.5. The molecule has 2 aromatic carbocycles. The lowest BCUT2D eigenvalue weighted by Crippen LogP contribution is -2.11. The first-order chi connectivity index (χ1) is 10.0. The molecule has 0 amide bonds. The largest absolute Gasteiger partial charge is 0.436 e. The molecule has 3 aromatic rings. The highest BCUT2D eigenvalue weighted by atomic mass is 16.3. The number of hydrogen-bond acceptors (Lipinski definition) is 4. The standard InChI is InChI=1S/C17H19N3O/c1-10(2)19-14-8-7-12(9-13(14)18)17-20-15-6-4-5-11(3)16(15)21-17/h4-10,19H,18H2,1-3H3. The van der Waals surface area contributed by atoms with Crippen LogP contribution in [-0.2, 0) is 0 Å². The minimum atomic E-state index is 0.338. The summed E-state index contributed by atoms with van der Waals surface area (Å²) in [6.45, 7) is 6.18. The molecule has 21 heavy (non-hydrogen) atoms. The molecule has 0 aliphatic rings. The molecule has 4 heteroatoms. The van der Waals surface area contributed by atoms with Gasteiger partial charge in [0.2, 0.25) is 5.89 Å². The van der Waals surface area contributed by atoms with Gasteiger partial charge in [-0.25, -0.2) is 4.98 Å². The molecule has 0 unspecified atom stereocenters. The number of benzene rings is 2. The Bertz CT molecular complexity index is 790. The van der Waals surface area contributed by atoms with Crippen LogP contribution in [0.4, 0.5) is 11.4 Å². The topological polar surface area (TPSA) is 64.1 Å². The number of nitrogen functional groups attached to an aromatic ring is 1. The van der Waals surface area contributed by atoms with E-state index in [0.717, 1.165) is 27.9 Å². The van der Waals surface area contributed by atoms with Gasteiger partial charge in [-0.3, -0.25) is 0 Å². The van der Waals surface area contributed by atoms with Gasteiger partial charge in [-0.1, -0.05) is 12.1 Å². The van der Waals surface area contributed by atoms with Crippen molar-refractivity contribution in [3.63, 3.8) is 0 Å². The Kier molecular flexibility index (Phi) is 3.29. The molecule has 0 fully saturated rings. The fraction of sp³-hybridized carbons (Fsp3) is 0.235. The Morgan fingerprint density at radius 3 is 2.67 bits per heavy atom. The second kappa shape index (κ2) is 5.13. The molecule has 0 aliphatic carbocycles. The summed E-state index contributed by atoms with van der Waals surface area (Å²) in [6.07, 6.45) is 0. The third-order valence-corrected chi connectivity index (χ3v) is 3.35. The molecule has 3 N–H and O–H groups in total. The molecule has 1 aromatic heterocycles. The molecule has 0 saturated heterocycles. The Labute approximate surface area is 124 Å². The van der Waals surface area contributed by atoms with Gasteiger partial charge in [0.1, 0.15) is 5.52 Å². The maximum Gasteiger partial charge on any atom is 0.227 e. The summed E-state index contributed by atoms with van der Waals surface area (Å²) in [7, 11) is 0. The van der Waals surface area contributed by atoms with E-state index < -0.39 is 0 Å². The fourth-order valence-corrected chi connectivity index (χ4v) is 2.35. The lowest BCUT2D eigenvalue weighted by Gasteiger charge is -2.12. The number of aryl methyl sites for hydroxylation is 1. The van der Waals surface area contributed by atoms with E-state index in [9.17, 15) is 0 Å². The Morgan fingerprint density at radius 2 is 2.00 bits per heavy atom. The van der Waals surface area contributed by atoms with E-state index in [1.54, 1.807) is 0 Å².